The van der Waals surface area contributed by atoms with E-state index in [1.807, 2.05) is 0 Å². The van der Waals surface area contributed by atoms with Gasteiger partial charge in [0.25, 0.3) is 0 Å². The molecule has 2 nitrogen and oxygen atoms in total. The highest BCUT2D eigenvalue weighted by molar-refractivity contribution is 5.59. The molecule has 0 aromatic carbocycles. The van der Waals surface area contributed by atoms with Crippen molar-refractivity contribution in [1.29, 1.82) is 0 Å². The van der Waals surface area contributed by atoms with Crippen molar-refractivity contribution in [2.45, 2.75) is 109 Å². The van der Waals surface area contributed by atoms with E-state index in [1.54, 1.807) is 0 Å². The lowest BCUT2D eigenvalue weighted by Gasteiger charge is -2.21. The molecule has 0 aliphatic heterocycles. The Balaban J connectivity index is 1.42. The molecule has 2 fully saturated rings. The Labute approximate surface area is 137 Å². The maximum Gasteiger partial charge on any atom is 0.126 e. The summed E-state index contributed by atoms with van der Waals surface area (Å²) >= 11 is 0. The second-order valence-electron chi connectivity index (χ2n) is 8.06. The van der Waals surface area contributed by atoms with E-state index in [-0.39, 0.29) is 5.41 Å². The van der Waals surface area contributed by atoms with Crippen molar-refractivity contribution in [3.8, 4) is 0 Å². The van der Waals surface area contributed by atoms with E-state index in [0.29, 0.717) is 6.04 Å². The first-order valence-electron chi connectivity index (χ1n) is 9.98. The lowest BCUT2D eigenvalue weighted by Crippen LogP contribution is -2.28. The molecule has 2 aliphatic carbocycles. The molecule has 2 heteroatoms. The second kappa shape index (κ2) is 9.70. The number of hydrogen-bond acceptors (Lipinski definition) is 2. The largest absolute Gasteiger partial charge is 0.327 e. The minimum Gasteiger partial charge on any atom is -0.327 e. The monoisotopic (exact) mass is 307 g/mol. The fraction of sp³-hybridized carbons (Fsp3) is 0.950. The molecule has 0 aromatic heterocycles. The predicted octanol–water partition coefficient (Wildman–Crippen LogP) is 5.38. The fourth-order valence-corrected chi connectivity index (χ4v) is 4.69. The molecule has 0 heterocycles. The van der Waals surface area contributed by atoms with E-state index in [2.05, 4.69) is 0 Å². The highest BCUT2D eigenvalue weighted by Crippen LogP contribution is 2.40. The van der Waals surface area contributed by atoms with Crippen molar-refractivity contribution in [3.05, 3.63) is 0 Å². The summed E-state index contributed by atoms with van der Waals surface area (Å²) in [6.45, 7) is 0. The van der Waals surface area contributed by atoms with Crippen LogP contribution in [0.4, 0.5) is 0 Å². The van der Waals surface area contributed by atoms with Crippen LogP contribution in [0.1, 0.15) is 103 Å². The third kappa shape index (κ3) is 5.68. The Morgan fingerprint density at radius 3 is 2.14 bits per heavy atom. The zero-order chi connectivity index (χ0) is 15.7. The van der Waals surface area contributed by atoms with Crippen molar-refractivity contribution in [3.63, 3.8) is 0 Å². The third-order valence-electron chi connectivity index (χ3n) is 6.32. The normalized spacial score (nSPS) is 23.0. The Hall–Kier alpha value is -0.370. The number of rotatable bonds is 11. The summed E-state index contributed by atoms with van der Waals surface area (Å²) < 4.78 is 0. The average molecular weight is 308 g/mol. The van der Waals surface area contributed by atoms with Gasteiger partial charge in [-0.1, -0.05) is 64.2 Å². The number of unbranched alkanes of at least 4 members (excludes halogenated alkanes) is 5. The van der Waals surface area contributed by atoms with E-state index in [9.17, 15) is 4.79 Å². The summed E-state index contributed by atoms with van der Waals surface area (Å²) in [5.41, 5.74) is 6.39. The van der Waals surface area contributed by atoms with Crippen LogP contribution in [0.2, 0.25) is 0 Å². The van der Waals surface area contributed by atoms with Gasteiger partial charge in [0.2, 0.25) is 0 Å². The summed E-state index contributed by atoms with van der Waals surface area (Å²) in [7, 11) is 0. The molecule has 0 bridgehead atoms. The molecule has 0 saturated heterocycles. The second-order valence-corrected chi connectivity index (χ2v) is 8.06. The van der Waals surface area contributed by atoms with Crippen LogP contribution in [0.5, 0.6) is 0 Å². The number of nitrogens with two attached hydrogens (primary N) is 1. The van der Waals surface area contributed by atoms with E-state index in [1.165, 1.54) is 89.8 Å². The summed E-state index contributed by atoms with van der Waals surface area (Å²) in [5, 5.41) is 0. The van der Waals surface area contributed by atoms with Gasteiger partial charge in [0.1, 0.15) is 6.29 Å². The Bertz CT molecular complexity index is 303. The van der Waals surface area contributed by atoms with Gasteiger partial charge in [-0.05, 0) is 44.4 Å². The van der Waals surface area contributed by atoms with Gasteiger partial charge in [-0.2, -0.15) is 0 Å². The summed E-state index contributed by atoms with van der Waals surface area (Å²) in [5.74, 6) is 0.825. The summed E-state index contributed by atoms with van der Waals surface area (Å²) in [6, 6.07) is 0.470. The van der Waals surface area contributed by atoms with Gasteiger partial charge in [0.15, 0.2) is 0 Å². The molecule has 22 heavy (non-hydrogen) atoms. The van der Waals surface area contributed by atoms with Crippen LogP contribution in [0.3, 0.4) is 0 Å². The van der Waals surface area contributed by atoms with Crippen LogP contribution in [0.15, 0.2) is 0 Å². The Morgan fingerprint density at radius 2 is 1.50 bits per heavy atom. The third-order valence-corrected chi connectivity index (χ3v) is 6.32. The topological polar surface area (TPSA) is 43.1 Å². The van der Waals surface area contributed by atoms with Gasteiger partial charge in [0.05, 0.1) is 0 Å². The molecule has 2 rings (SSSR count). The molecule has 1 atom stereocenters. The zero-order valence-electron chi connectivity index (χ0n) is 14.5. The van der Waals surface area contributed by atoms with Crippen molar-refractivity contribution in [1.82, 2.24) is 0 Å². The first-order valence-corrected chi connectivity index (χ1v) is 9.98. The van der Waals surface area contributed by atoms with Crippen molar-refractivity contribution in [2.24, 2.45) is 17.1 Å². The van der Waals surface area contributed by atoms with Gasteiger partial charge < -0.3 is 10.5 Å². The van der Waals surface area contributed by atoms with Crippen molar-refractivity contribution in [2.75, 3.05) is 0 Å². The molecule has 2 aliphatic rings. The molecule has 0 radical (unpaired) electrons. The molecular formula is C20H37NO. The highest BCUT2D eigenvalue weighted by atomic mass is 16.1. The van der Waals surface area contributed by atoms with Gasteiger partial charge in [-0.15, -0.1) is 0 Å². The number of carbonyl (C=O) groups is 1. The Morgan fingerprint density at radius 1 is 0.909 bits per heavy atom. The number of carbonyl (C=O) groups excluding carboxylic acids is 1. The molecule has 128 valence electrons. The lowest BCUT2D eigenvalue weighted by atomic mass is 9.82. The van der Waals surface area contributed by atoms with Crippen molar-refractivity contribution >= 4 is 6.29 Å². The minimum absolute atomic E-state index is 0.0774. The summed E-state index contributed by atoms with van der Waals surface area (Å²) in [4.78, 5) is 11.3. The smallest absolute Gasteiger partial charge is 0.126 e. The molecule has 0 spiro atoms. The quantitative estimate of drug-likeness (QED) is 0.411. The number of hydrogen-bond donors (Lipinski definition) is 1. The summed E-state index contributed by atoms with van der Waals surface area (Å²) in [6.07, 6.45) is 21.9. The van der Waals surface area contributed by atoms with Crippen LogP contribution < -0.4 is 5.73 Å². The van der Waals surface area contributed by atoms with Gasteiger partial charge >= 0.3 is 0 Å². The fourth-order valence-electron chi connectivity index (χ4n) is 4.69. The molecule has 0 aromatic rings. The molecule has 2 N–H and O–H groups in total. The van der Waals surface area contributed by atoms with Crippen LogP contribution in [0.25, 0.3) is 0 Å². The van der Waals surface area contributed by atoms with E-state index >= 15 is 0 Å². The Kier molecular flexibility index (Phi) is 7.92. The first-order chi connectivity index (χ1) is 10.8. The number of aldehydes is 1. The first kappa shape index (κ1) is 18.0. The van der Waals surface area contributed by atoms with Crippen LogP contribution in [-0.2, 0) is 4.79 Å². The van der Waals surface area contributed by atoms with Gasteiger partial charge in [-0.3, -0.25) is 0 Å². The zero-order valence-corrected chi connectivity index (χ0v) is 14.5. The molecular weight excluding hydrogens is 270 g/mol. The standard InChI is InChI=1S/C20H37NO/c21-19(18-11-6-7-12-18)13-5-3-1-2-4-8-14-20(17-22)15-9-10-16-20/h17-19H,1-16,21H2. The SMILES string of the molecule is NC(CCCCCCCCC1(C=O)CCCC1)C1CCCC1. The van der Waals surface area contributed by atoms with E-state index in [4.69, 9.17) is 5.73 Å². The average Bonchev–Trinajstić information content (AvgIpc) is 3.21. The lowest BCUT2D eigenvalue weighted by molar-refractivity contribution is -0.116. The maximum absolute atomic E-state index is 11.3. The van der Waals surface area contributed by atoms with Crippen LogP contribution >= 0.6 is 0 Å². The van der Waals surface area contributed by atoms with E-state index < -0.39 is 0 Å². The van der Waals surface area contributed by atoms with Gasteiger partial charge in [-0.25, -0.2) is 0 Å². The van der Waals surface area contributed by atoms with E-state index in [0.717, 1.165) is 25.2 Å². The van der Waals surface area contributed by atoms with Gasteiger partial charge in [0, 0.05) is 11.5 Å². The highest BCUT2D eigenvalue weighted by Gasteiger charge is 2.32. The van der Waals surface area contributed by atoms with Crippen LogP contribution in [-0.4, -0.2) is 12.3 Å². The van der Waals surface area contributed by atoms with Crippen LogP contribution in [0, 0.1) is 11.3 Å². The molecule has 2 saturated carbocycles. The molecule has 1 unspecified atom stereocenters. The maximum atomic E-state index is 11.3. The molecule has 0 amide bonds. The van der Waals surface area contributed by atoms with Crippen molar-refractivity contribution < 1.29 is 4.79 Å². The minimum atomic E-state index is 0.0774. The predicted molar refractivity (Wildman–Crippen MR) is 93.8 cm³/mol.